The van der Waals surface area contributed by atoms with Gasteiger partial charge in [-0.1, -0.05) is 6.92 Å². The molecule has 13 heteroatoms. The number of hydrogen-bond donors (Lipinski definition) is 2. The van der Waals surface area contributed by atoms with Gasteiger partial charge in [0.25, 0.3) is 5.91 Å². The van der Waals surface area contributed by atoms with E-state index in [9.17, 15) is 35.2 Å². The summed E-state index contributed by atoms with van der Waals surface area (Å²) in [5.74, 6) is -3.43. The maximum Gasteiger partial charge on any atom is 0.390 e. The Balaban J connectivity index is 2.32. The number of rotatable bonds is 7. The molecule has 1 unspecified atom stereocenters. The molecule has 0 aliphatic heterocycles. The van der Waals surface area contributed by atoms with Gasteiger partial charge in [0, 0.05) is 25.0 Å². The van der Waals surface area contributed by atoms with E-state index in [-0.39, 0.29) is 17.7 Å². The molecule has 0 fully saturated rings. The average Bonchev–Trinajstić information content (AvgIpc) is 2.96. The van der Waals surface area contributed by atoms with Crippen molar-refractivity contribution in [1.82, 2.24) is 9.29 Å². The van der Waals surface area contributed by atoms with Gasteiger partial charge in [-0.15, -0.1) is 0 Å². The molecule has 0 aliphatic carbocycles. The second-order valence-electron chi connectivity index (χ2n) is 6.57. The van der Waals surface area contributed by atoms with E-state index >= 15 is 0 Å². The number of carbonyl (C=O) groups excluding carboxylic acids is 1. The number of hydrogen-bond acceptors (Lipinski definition) is 4. The van der Waals surface area contributed by atoms with Crippen molar-refractivity contribution >= 4 is 21.6 Å². The normalized spacial score (nSPS) is 13.0. The van der Waals surface area contributed by atoms with Crippen LogP contribution in [0.5, 0.6) is 0 Å². The number of carbonyl (C=O) groups is 1. The molecule has 0 saturated carbocycles. The van der Waals surface area contributed by atoms with Crippen LogP contribution in [0.4, 0.5) is 27.6 Å². The van der Waals surface area contributed by atoms with Crippen molar-refractivity contribution in [2.75, 3.05) is 5.32 Å². The van der Waals surface area contributed by atoms with Gasteiger partial charge in [-0.05, 0) is 24.6 Å². The molecule has 31 heavy (non-hydrogen) atoms. The van der Waals surface area contributed by atoms with E-state index in [4.69, 9.17) is 5.26 Å². The zero-order valence-corrected chi connectivity index (χ0v) is 17.0. The highest BCUT2D eigenvalue weighted by molar-refractivity contribution is 7.89. The summed E-state index contributed by atoms with van der Waals surface area (Å²) in [5, 5.41) is 11.0. The lowest BCUT2D eigenvalue weighted by Gasteiger charge is -2.18. The van der Waals surface area contributed by atoms with Crippen molar-refractivity contribution in [2.45, 2.75) is 36.9 Å². The molecular formula is C18H17F5N4O3S. The Morgan fingerprint density at radius 2 is 1.94 bits per heavy atom. The number of nitrogens with one attached hydrogen (secondary N) is 2. The van der Waals surface area contributed by atoms with E-state index in [1.165, 1.54) is 6.92 Å². The predicted molar refractivity (Wildman–Crippen MR) is 99.5 cm³/mol. The number of aryl methyl sites for hydroxylation is 1. The predicted octanol–water partition coefficient (Wildman–Crippen LogP) is 3.44. The quantitative estimate of drug-likeness (QED) is 0.613. The summed E-state index contributed by atoms with van der Waals surface area (Å²) in [6, 6.07) is 3.05. The van der Waals surface area contributed by atoms with Gasteiger partial charge in [0.15, 0.2) is 5.82 Å². The number of nitriles is 1. The van der Waals surface area contributed by atoms with Crippen molar-refractivity contribution < 1.29 is 35.2 Å². The van der Waals surface area contributed by atoms with Crippen molar-refractivity contribution in [2.24, 2.45) is 7.05 Å². The standard InChI is InChI=1S/C18H17F5N4O3S/c1-3-11(7-18(21,22)23)26-31(29,30)14-9-27(2)16(15(14)20)17(28)25-12-4-5-13(19)10(6-12)8-24/h4-6,9,11,26H,3,7H2,1-2H3,(H,25,28). The molecule has 7 nitrogen and oxygen atoms in total. The third kappa shape index (κ3) is 5.80. The number of anilines is 1. The van der Waals surface area contributed by atoms with Crippen LogP contribution in [0.1, 0.15) is 35.8 Å². The average molecular weight is 464 g/mol. The van der Waals surface area contributed by atoms with Crippen LogP contribution in [0.3, 0.4) is 0 Å². The molecule has 1 heterocycles. The lowest BCUT2D eigenvalue weighted by Crippen LogP contribution is -2.37. The summed E-state index contributed by atoms with van der Waals surface area (Å²) >= 11 is 0. The second-order valence-corrected chi connectivity index (χ2v) is 8.26. The van der Waals surface area contributed by atoms with Gasteiger partial charge in [0.2, 0.25) is 10.0 Å². The fourth-order valence-electron chi connectivity index (χ4n) is 2.73. The topological polar surface area (TPSA) is 104 Å². The van der Waals surface area contributed by atoms with Gasteiger partial charge >= 0.3 is 6.18 Å². The number of halogens is 5. The molecule has 0 spiro atoms. The van der Waals surface area contributed by atoms with Crippen molar-refractivity contribution in [3.63, 3.8) is 0 Å². The summed E-state index contributed by atoms with van der Waals surface area (Å²) in [5.41, 5.74) is -1.16. The summed E-state index contributed by atoms with van der Waals surface area (Å²) in [6.07, 6.45) is -5.54. The molecule has 1 aromatic carbocycles. The fraction of sp³-hybridized carbons (Fsp3) is 0.333. The third-order valence-electron chi connectivity index (χ3n) is 4.23. The van der Waals surface area contributed by atoms with Crippen LogP contribution in [0.15, 0.2) is 29.3 Å². The molecule has 0 radical (unpaired) electrons. The number of sulfonamides is 1. The maximum absolute atomic E-state index is 14.8. The molecule has 0 saturated heterocycles. The summed E-state index contributed by atoms with van der Waals surface area (Å²) < 4.78 is 93.5. The lowest BCUT2D eigenvalue weighted by molar-refractivity contribution is -0.139. The minimum Gasteiger partial charge on any atom is -0.343 e. The molecule has 2 rings (SSSR count). The smallest absolute Gasteiger partial charge is 0.343 e. The number of benzene rings is 1. The molecule has 1 amide bonds. The monoisotopic (exact) mass is 464 g/mol. The Bertz CT molecular complexity index is 1140. The Morgan fingerprint density at radius 3 is 2.48 bits per heavy atom. The van der Waals surface area contributed by atoms with Gasteiger partial charge < -0.3 is 9.88 Å². The Hall–Kier alpha value is -2.98. The maximum atomic E-state index is 14.8. The highest BCUT2D eigenvalue weighted by atomic mass is 32.2. The Morgan fingerprint density at radius 1 is 1.29 bits per heavy atom. The Kier molecular flexibility index (Phi) is 7.07. The fourth-order valence-corrected chi connectivity index (χ4v) is 4.17. The van der Waals surface area contributed by atoms with E-state index in [2.05, 4.69) is 5.32 Å². The van der Waals surface area contributed by atoms with Crippen LogP contribution in [0.25, 0.3) is 0 Å². The molecule has 2 N–H and O–H groups in total. The third-order valence-corrected chi connectivity index (χ3v) is 5.74. The van der Waals surface area contributed by atoms with E-state index in [0.717, 1.165) is 36.0 Å². The van der Waals surface area contributed by atoms with Crippen LogP contribution >= 0.6 is 0 Å². The SMILES string of the molecule is CCC(CC(F)(F)F)NS(=O)(=O)c1cn(C)c(C(=O)Nc2ccc(F)c(C#N)c2)c1F. The summed E-state index contributed by atoms with van der Waals surface area (Å²) in [4.78, 5) is 11.4. The first kappa shape index (κ1) is 24.3. The van der Waals surface area contributed by atoms with Crippen molar-refractivity contribution in [3.8, 4) is 6.07 Å². The van der Waals surface area contributed by atoms with Gasteiger partial charge in [0.1, 0.15) is 22.5 Å². The number of nitrogens with zero attached hydrogens (tertiary/aromatic N) is 2. The van der Waals surface area contributed by atoms with E-state index in [1.807, 2.05) is 0 Å². The summed E-state index contributed by atoms with van der Waals surface area (Å²) in [7, 11) is -3.56. The first-order valence-electron chi connectivity index (χ1n) is 8.74. The Labute approximate surface area is 174 Å². The highest BCUT2D eigenvalue weighted by Gasteiger charge is 2.35. The van der Waals surface area contributed by atoms with Crippen LogP contribution in [-0.4, -0.2) is 31.1 Å². The molecule has 0 bridgehead atoms. The van der Waals surface area contributed by atoms with Gasteiger partial charge in [0.05, 0.1) is 12.0 Å². The zero-order valence-electron chi connectivity index (χ0n) is 16.2. The highest BCUT2D eigenvalue weighted by Crippen LogP contribution is 2.26. The summed E-state index contributed by atoms with van der Waals surface area (Å²) in [6.45, 7) is 1.33. The first-order chi connectivity index (χ1) is 14.3. The number of alkyl halides is 3. The molecular weight excluding hydrogens is 447 g/mol. The number of amides is 1. The largest absolute Gasteiger partial charge is 0.390 e. The van der Waals surface area contributed by atoms with Crippen LogP contribution in [0, 0.1) is 23.0 Å². The van der Waals surface area contributed by atoms with Gasteiger partial charge in [-0.25, -0.2) is 21.9 Å². The van der Waals surface area contributed by atoms with E-state index in [0.29, 0.717) is 0 Å². The molecule has 2 aromatic rings. The van der Waals surface area contributed by atoms with Crippen LogP contribution in [-0.2, 0) is 17.1 Å². The van der Waals surface area contributed by atoms with Crippen LogP contribution < -0.4 is 10.0 Å². The number of aromatic nitrogens is 1. The minimum absolute atomic E-state index is 0.0534. The van der Waals surface area contributed by atoms with Crippen molar-refractivity contribution in [1.29, 1.82) is 5.26 Å². The first-order valence-corrected chi connectivity index (χ1v) is 10.2. The molecule has 1 aromatic heterocycles. The lowest BCUT2D eigenvalue weighted by atomic mass is 10.2. The van der Waals surface area contributed by atoms with E-state index < -0.39 is 56.8 Å². The molecule has 168 valence electrons. The minimum atomic E-state index is -4.72. The van der Waals surface area contributed by atoms with Gasteiger partial charge in [-0.3, -0.25) is 4.79 Å². The molecule has 0 aliphatic rings. The van der Waals surface area contributed by atoms with Crippen molar-refractivity contribution in [3.05, 3.63) is 47.3 Å². The van der Waals surface area contributed by atoms with Gasteiger partial charge in [-0.2, -0.15) is 18.4 Å². The zero-order chi connectivity index (χ0) is 23.6. The van der Waals surface area contributed by atoms with E-state index in [1.54, 1.807) is 10.8 Å². The molecule has 1 atom stereocenters. The van der Waals surface area contributed by atoms with Crippen LogP contribution in [0.2, 0.25) is 0 Å². The second kappa shape index (κ2) is 9.03.